The summed E-state index contributed by atoms with van der Waals surface area (Å²) in [5.41, 5.74) is 7.55. The highest BCUT2D eigenvalue weighted by Crippen LogP contribution is 2.35. The number of hydrogen-bond donors (Lipinski definition) is 2. The Hall–Kier alpha value is -3.24. The van der Waals surface area contributed by atoms with Crippen LogP contribution < -0.4 is 10.5 Å². The van der Waals surface area contributed by atoms with Gasteiger partial charge >= 0.3 is 0 Å². The van der Waals surface area contributed by atoms with Gasteiger partial charge in [-0.2, -0.15) is 0 Å². The number of benzene rings is 1. The average molecular weight is 466 g/mol. The third kappa shape index (κ3) is 4.30. The van der Waals surface area contributed by atoms with Crippen LogP contribution in [0, 0.1) is 0 Å². The molecule has 180 valence electrons. The number of imidazole rings is 1. The molecule has 0 spiro atoms. The molecule has 3 aromatic rings. The molecule has 0 bridgehead atoms. The molecule has 3 atom stereocenters. The minimum atomic E-state index is -0.762. The maximum absolute atomic E-state index is 13.3. The lowest BCUT2D eigenvalue weighted by molar-refractivity contribution is 0.0446. The fourth-order valence-corrected chi connectivity index (χ4v) is 5.15. The normalized spacial score (nSPS) is 22.9. The zero-order chi connectivity index (χ0) is 23.7. The molecule has 0 unspecified atom stereocenters. The summed E-state index contributed by atoms with van der Waals surface area (Å²) in [4.78, 5) is 29.9. The van der Waals surface area contributed by atoms with Crippen molar-refractivity contribution in [1.29, 1.82) is 0 Å². The van der Waals surface area contributed by atoms with Crippen molar-refractivity contribution in [3.63, 3.8) is 0 Å². The molecule has 2 fully saturated rings. The first-order chi connectivity index (χ1) is 16.5. The van der Waals surface area contributed by atoms with Crippen LogP contribution in [0.3, 0.4) is 0 Å². The number of likely N-dealkylation sites (tertiary alicyclic amines) is 1. The molecule has 3 N–H and O–H groups in total. The Labute approximate surface area is 198 Å². The van der Waals surface area contributed by atoms with Crippen LogP contribution in [0.5, 0.6) is 5.75 Å². The molecule has 1 aliphatic heterocycles. The fraction of sp³-hybridized carbons (Fsp3) is 0.500. The van der Waals surface area contributed by atoms with E-state index < -0.39 is 6.10 Å². The Bertz CT molecular complexity index is 1160. The van der Waals surface area contributed by atoms with Gasteiger partial charge in [-0.05, 0) is 57.0 Å². The van der Waals surface area contributed by atoms with Crippen molar-refractivity contribution in [3.8, 4) is 5.75 Å². The van der Waals surface area contributed by atoms with Crippen molar-refractivity contribution >= 4 is 22.9 Å². The maximum Gasteiger partial charge on any atom is 0.254 e. The molecule has 10 heteroatoms. The summed E-state index contributed by atoms with van der Waals surface area (Å²) < 4.78 is 7.75. The van der Waals surface area contributed by atoms with E-state index in [0.29, 0.717) is 47.7 Å². The summed E-state index contributed by atoms with van der Waals surface area (Å²) in [6.07, 6.45) is 6.13. The largest absolute Gasteiger partial charge is 0.492 e. The Balaban J connectivity index is 1.25. The van der Waals surface area contributed by atoms with Crippen LogP contribution in [0.15, 0.2) is 36.9 Å². The van der Waals surface area contributed by atoms with Gasteiger partial charge < -0.3 is 25.0 Å². The number of amides is 1. The van der Waals surface area contributed by atoms with Crippen LogP contribution in [0.1, 0.15) is 42.1 Å². The van der Waals surface area contributed by atoms with E-state index in [1.165, 1.54) is 19.2 Å². The number of aromatic nitrogens is 4. The number of anilines is 1. The van der Waals surface area contributed by atoms with Crippen LogP contribution in [0.25, 0.3) is 11.2 Å². The monoisotopic (exact) mass is 465 g/mol. The summed E-state index contributed by atoms with van der Waals surface area (Å²) in [5, 5.41) is 11.1. The highest BCUT2D eigenvalue weighted by molar-refractivity contribution is 5.94. The summed E-state index contributed by atoms with van der Waals surface area (Å²) in [5.74, 6) is 0.852. The summed E-state index contributed by atoms with van der Waals surface area (Å²) in [6, 6.07) is 6.70. The maximum atomic E-state index is 13.3. The van der Waals surface area contributed by atoms with Gasteiger partial charge in [0.25, 0.3) is 5.91 Å². The molecule has 1 aliphatic carbocycles. The molecule has 2 aromatic heterocycles. The zero-order valence-electron chi connectivity index (χ0n) is 19.4. The first-order valence-electron chi connectivity index (χ1n) is 11.9. The predicted molar refractivity (Wildman–Crippen MR) is 128 cm³/mol. The van der Waals surface area contributed by atoms with Crippen LogP contribution >= 0.6 is 0 Å². The van der Waals surface area contributed by atoms with Crippen LogP contribution in [0.2, 0.25) is 0 Å². The third-order valence-corrected chi connectivity index (χ3v) is 7.06. The van der Waals surface area contributed by atoms with Crippen molar-refractivity contribution < 1.29 is 14.6 Å². The van der Waals surface area contributed by atoms with Gasteiger partial charge in [0.15, 0.2) is 11.5 Å². The minimum absolute atomic E-state index is 0.142. The molecule has 1 saturated carbocycles. The van der Waals surface area contributed by atoms with Crippen molar-refractivity contribution in [2.75, 3.05) is 39.0 Å². The molecule has 0 radical (unpaired) electrons. The van der Waals surface area contributed by atoms with E-state index in [4.69, 9.17) is 10.5 Å². The summed E-state index contributed by atoms with van der Waals surface area (Å²) >= 11 is 0. The van der Waals surface area contributed by atoms with Crippen LogP contribution in [-0.4, -0.2) is 85.8 Å². The van der Waals surface area contributed by atoms with E-state index >= 15 is 0 Å². The highest BCUT2D eigenvalue weighted by atomic mass is 16.5. The number of carbonyl (C=O) groups is 1. The number of fused-ring (bicyclic) bond motifs is 1. The lowest BCUT2D eigenvalue weighted by Crippen LogP contribution is -2.43. The van der Waals surface area contributed by atoms with Crippen LogP contribution in [-0.2, 0) is 0 Å². The highest BCUT2D eigenvalue weighted by Gasteiger charge is 2.40. The SMILES string of the molecule is CN(C(=O)c1cccc(OCCN2CCCC2)c1)[C@@H]1CC[C@H](n2cnc3c(N)ncnc32)[C@H]1O. The number of nitrogen functional groups attached to an aromatic ring is 1. The van der Waals surface area contributed by atoms with Crippen LogP contribution in [0.4, 0.5) is 5.82 Å². The van der Waals surface area contributed by atoms with E-state index in [9.17, 15) is 9.90 Å². The number of hydrogen-bond acceptors (Lipinski definition) is 8. The van der Waals surface area contributed by atoms with Gasteiger partial charge in [0.1, 0.15) is 24.2 Å². The van der Waals surface area contributed by atoms with Gasteiger partial charge in [-0.25, -0.2) is 15.0 Å². The van der Waals surface area contributed by atoms with Crippen molar-refractivity contribution in [3.05, 3.63) is 42.5 Å². The fourth-order valence-electron chi connectivity index (χ4n) is 5.15. The molecule has 1 saturated heterocycles. The topological polar surface area (TPSA) is 123 Å². The zero-order valence-corrected chi connectivity index (χ0v) is 19.4. The quantitative estimate of drug-likeness (QED) is 0.541. The second-order valence-corrected chi connectivity index (χ2v) is 9.13. The first-order valence-corrected chi connectivity index (χ1v) is 11.9. The molecule has 2 aliphatic rings. The summed E-state index contributed by atoms with van der Waals surface area (Å²) in [7, 11) is 1.74. The van der Waals surface area contributed by atoms with Crippen molar-refractivity contribution in [2.45, 2.75) is 43.9 Å². The average Bonchev–Trinajstić information content (AvgIpc) is 3.59. The van der Waals surface area contributed by atoms with E-state index in [-0.39, 0.29) is 18.0 Å². The Kier molecular flexibility index (Phi) is 6.34. The van der Waals surface area contributed by atoms with Gasteiger partial charge in [-0.15, -0.1) is 0 Å². The molecule has 34 heavy (non-hydrogen) atoms. The number of ether oxygens (including phenoxy) is 1. The Morgan fingerprint density at radius 1 is 1.24 bits per heavy atom. The molecular formula is C24H31N7O3. The number of nitrogens with zero attached hydrogens (tertiary/aromatic N) is 6. The van der Waals surface area contributed by atoms with Crippen molar-refractivity contribution in [2.24, 2.45) is 0 Å². The minimum Gasteiger partial charge on any atom is -0.492 e. The number of rotatable bonds is 7. The van der Waals surface area contributed by atoms with E-state index in [2.05, 4.69) is 19.9 Å². The van der Waals surface area contributed by atoms with E-state index in [0.717, 1.165) is 19.6 Å². The molecule has 10 nitrogen and oxygen atoms in total. The molecule has 5 rings (SSSR count). The van der Waals surface area contributed by atoms with Gasteiger partial charge in [-0.3, -0.25) is 9.69 Å². The Morgan fingerprint density at radius 2 is 2.06 bits per heavy atom. The number of likely N-dealkylation sites (N-methyl/N-ethyl adjacent to an activating group) is 1. The molecule has 3 heterocycles. The lowest BCUT2D eigenvalue weighted by Gasteiger charge is -2.29. The van der Waals surface area contributed by atoms with Gasteiger partial charge in [0.05, 0.1) is 24.5 Å². The van der Waals surface area contributed by atoms with E-state index in [1.807, 2.05) is 16.7 Å². The molecular weight excluding hydrogens is 434 g/mol. The van der Waals surface area contributed by atoms with E-state index in [1.54, 1.807) is 30.4 Å². The number of carbonyl (C=O) groups excluding carboxylic acids is 1. The third-order valence-electron chi connectivity index (χ3n) is 7.06. The number of nitrogens with two attached hydrogens (primary N) is 1. The number of aliphatic hydroxyl groups is 1. The standard InChI is InChI=1S/C24H31N7O3/c1-29(24(33)16-5-4-6-17(13-16)34-12-11-30-9-2-3-10-30)18-7-8-19(21(18)32)31-15-28-20-22(25)26-14-27-23(20)31/h4-6,13-15,18-19,21,32H,2-3,7-12H2,1H3,(H2,25,26,27)/t18-,19+,21+/m1/s1. The first kappa shape index (κ1) is 22.5. The predicted octanol–water partition coefficient (Wildman–Crippen LogP) is 1.72. The van der Waals surface area contributed by atoms with Gasteiger partial charge in [0, 0.05) is 19.2 Å². The number of aliphatic hydroxyl groups excluding tert-OH is 1. The molecule has 1 amide bonds. The smallest absolute Gasteiger partial charge is 0.254 e. The lowest BCUT2D eigenvalue weighted by atomic mass is 10.1. The molecule has 1 aromatic carbocycles. The van der Waals surface area contributed by atoms with Gasteiger partial charge in [0.2, 0.25) is 0 Å². The second kappa shape index (κ2) is 9.55. The second-order valence-electron chi connectivity index (χ2n) is 9.13. The Morgan fingerprint density at radius 3 is 2.88 bits per heavy atom. The summed E-state index contributed by atoms with van der Waals surface area (Å²) in [6.45, 7) is 3.76. The van der Waals surface area contributed by atoms with Crippen molar-refractivity contribution in [1.82, 2.24) is 29.3 Å². The van der Waals surface area contributed by atoms with Gasteiger partial charge in [-0.1, -0.05) is 6.07 Å².